The van der Waals surface area contributed by atoms with E-state index in [0.717, 1.165) is 38.3 Å². The van der Waals surface area contributed by atoms with Gasteiger partial charge in [0.2, 0.25) is 0 Å². The van der Waals surface area contributed by atoms with E-state index in [9.17, 15) is 5.11 Å². The van der Waals surface area contributed by atoms with Crippen molar-refractivity contribution in [3.63, 3.8) is 0 Å². The van der Waals surface area contributed by atoms with Gasteiger partial charge in [-0.1, -0.05) is 77.8 Å². The van der Waals surface area contributed by atoms with E-state index in [1.54, 1.807) is 12.1 Å². The molecule has 3 nitrogen and oxygen atoms in total. The van der Waals surface area contributed by atoms with E-state index in [0.29, 0.717) is 16.5 Å². The summed E-state index contributed by atoms with van der Waals surface area (Å²) in [7, 11) is 0. The number of rotatable bonds is 6. The van der Waals surface area contributed by atoms with Crippen molar-refractivity contribution in [1.29, 1.82) is 0 Å². The van der Waals surface area contributed by atoms with Crippen LogP contribution in [0.3, 0.4) is 0 Å². The van der Waals surface area contributed by atoms with Gasteiger partial charge in [-0.2, -0.15) is 0 Å². The summed E-state index contributed by atoms with van der Waals surface area (Å²) in [4.78, 5) is 4.89. The molecule has 0 radical (unpaired) electrons. The number of anilines is 1. The van der Waals surface area contributed by atoms with E-state index in [4.69, 9.17) is 23.2 Å². The van der Waals surface area contributed by atoms with Gasteiger partial charge in [-0.3, -0.25) is 4.90 Å². The van der Waals surface area contributed by atoms with E-state index < -0.39 is 6.10 Å². The zero-order valence-corrected chi connectivity index (χ0v) is 18.4. The van der Waals surface area contributed by atoms with Gasteiger partial charge in [0.25, 0.3) is 0 Å². The lowest BCUT2D eigenvalue weighted by molar-refractivity contribution is 0.139. The molecular formula is C25H26Cl2N2O. The van der Waals surface area contributed by atoms with Crippen molar-refractivity contribution < 1.29 is 5.11 Å². The van der Waals surface area contributed by atoms with Gasteiger partial charge in [-0.15, -0.1) is 0 Å². The molecular weight excluding hydrogens is 415 g/mol. The average Bonchev–Trinajstić information content (AvgIpc) is 2.80. The van der Waals surface area contributed by atoms with Gasteiger partial charge in [0.1, 0.15) is 0 Å². The molecule has 0 aromatic heterocycles. The topological polar surface area (TPSA) is 26.7 Å². The van der Waals surface area contributed by atoms with E-state index in [2.05, 4.69) is 64.4 Å². The number of halogens is 2. The molecule has 1 fully saturated rings. The van der Waals surface area contributed by atoms with Crippen LogP contribution in [0.4, 0.5) is 5.69 Å². The quantitative estimate of drug-likeness (QED) is 0.516. The minimum Gasteiger partial charge on any atom is -0.388 e. The molecule has 0 amide bonds. The van der Waals surface area contributed by atoms with Crippen LogP contribution < -0.4 is 4.90 Å². The minimum absolute atomic E-state index is 0.485. The predicted octanol–water partition coefficient (Wildman–Crippen LogP) is 5.91. The Morgan fingerprint density at radius 3 is 2.23 bits per heavy atom. The zero-order valence-electron chi connectivity index (χ0n) is 16.8. The monoisotopic (exact) mass is 440 g/mol. The Labute approximate surface area is 188 Å². The van der Waals surface area contributed by atoms with Crippen LogP contribution in [0, 0.1) is 0 Å². The fourth-order valence-corrected chi connectivity index (χ4v) is 4.32. The number of aliphatic hydroxyl groups excluding tert-OH is 1. The van der Waals surface area contributed by atoms with Gasteiger partial charge in [0, 0.05) is 44.0 Å². The molecule has 1 N–H and O–H groups in total. The highest BCUT2D eigenvalue weighted by atomic mass is 35.5. The average molecular weight is 441 g/mol. The highest BCUT2D eigenvalue weighted by molar-refractivity contribution is 6.42. The Bertz CT molecular complexity index is 972. The summed E-state index contributed by atoms with van der Waals surface area (Å²) < 4.78 is 0. The van der Waals surface area contributed by atoms with E-state index in [1.807, 2.05) is 6.07 Å². The van der Waals surface area contributed by atoms with Crippen LogP contribution in [-0.4, -0.2) is 42.7 Å². The van der Waals surface area contributed by atoms with Gasteiger partial charge in [-0.05, 0) is 35.7 Å². The van der Waals surface area contributed by atoms with Gasteiger partial charge in [0.05, 0.1) is 16.1 Å². The lowest BCUT2D eigenvalue weighted by Gasteiger charge is -2.37. The van der Waals surface area contributed by atoms with E-state index >= 15 is 0 Å². The second-order valence-corrected chi connectivity index (χ2v) is 8.50. The van der Waals surface area contributed by atoms with E-state index in [1.165, 1.54) is 16.8 Å². The summed E-state index contributed by atoms with van der Waals surface area (Å²) in [5.41, 5.74) is 4.64. The minimum atomic E-state index is -0.531. The van der Waals surface area contributed by atoms with Crippen molar-refractivity contribution in [3.8, 4) is 11.1 Å². The molecule has 1 aliphatic rings. The molecule has 1 aliphatic heterocycles. The van der Waals surface area contributed by atoms with Crippen molar-refractivity contribution in [3.05, 3.63) is 88.4 Å². The van der Waals surface area contributed by atoms with Crippen molar-refractivity contribution in [1.82, 2.24) is 4.90 Å². The van der Waals surface area contributed by atoms with Gasteiger partial charge in [-0.25, -0.2) is 0 Å². The smallest absolute Gasteiger partial charge is 0.0802 e. The third kappa shape index (κ3) is 4.98. The van der Waals surface area contributed by atoms with Gasteiger partial charge < -0.3 is 10.0 Å². The van der Waals surface area contributed by atoms with Crippen LogP contribution in [0.2, 0.25) is 10.0 Å². The first-order valence-electron chi connectivity index (χ1n) is 10.4. The molecule has 0 aliphatic carbocycles. The highest BCUT2D eigenvalue weighted by Gasteiger charge is 2.20. The molecule has 1 atom stereocenters. The second kappa shape index (κ2) is 9.84. The molecule has 0 spiro atoms. The SMILES string of the molecule is OC(CCN1CCN(c2ccccc2-c2ccccc2)CC1)c1ccc(Cl)c(Cl)c1. The highest BCUT2D eigenvalue weighted by Crippen LogP contribution is 2.31. The fourth-order valence-electron chi connectivity index (χ4n) is 4.01. The van der Waals surface area contributed by atoms with Crippen molar-refractivity contribution >= 4 is 28.9 Å². The number of aliphatic hydroxyl groups is 1. The number of hydrogen-bond donors (Lipinski definition) is 1. The fraction of sp³-hybridized carbons (Fsp3) is 0.280. The standard InChI is InChI=1S/C25H26Cl2N2O/c26-22-11-10-20(18-23(22)27)25(30)12-13-28-14-16-29(17-15-28)24-9-5-4-8-21(24)19-6-2-1-3-7-19/h1-11,18,25,30H,12-17H2. The molecule has 5 heteroatoms. The second-order valence-electron chi connectivity index (χ2n) is 7.69. The summed E-state index contributed by atoms with van der Waals surface area (Å²) in [5.74, 6) is 0. The number of para-hydroxylation sites is 1. The molecule has 4 rings (SSSR count). The Kier molecular flexibility index (Phi) is 6.96. The molecule has 1 unspecified atom stereocenters. The Morgan fingerprint density at radius 1 is 0.800 bits per heavy atom. The van der Waals surface area contributed by atoms with Crippen molar-refractivity contribution in [2.24, 2.45) is 0 Å². The van der Waals surface area contributed by atoms with Crippen LogP contribution in [0.25, 0.3) is 11.1 Å². The molecule has 3 aromatic carbocycles. The Balaban J connectivity index is 1.34. The Morgan fingerprint density at radius 2 is 1.50 bits per heavy atom. The molecule has 156 valence electrons. The van der Waals surface area contributed by atoms with Crippen LogP contribution in [-0.2, 0) is 0 Å². The molecule has 30 heavy (non-hydrogen) atoms. The third-order valence-electron chi connectivity index (χ3n) is 5.75. The lowest BCUT2D eigenvalue weighted by atomic mass is 10.0. The normalized spacial score (nSPS) is 15.9. The van der Waals surface area contributed by atoms with Crippen LogP contribution in [0.15, 0.2) is 72.8 Å². The largest absolute Gasteiger partial charge is 0.388 e. The maximum absolute atomic E-state index is 10.5. The first kappa shape index (κ1) is 21.2. The Hall–Kier alpha value is -2.04. The predicted molar refractivity (Wildman–Crippen MR) is 127 cm³/mol. The first-order valence-corrected chi connectivity index (χ1v) is 11.1. The molecule has 0 bridgehead atoms. The van der Waals surface area contributed by atoms with Crippen molar-refractivity contribution in [2.75, 3.05) is 37.6 Å². The molecule has 1 heterocycles. The van der Waals surface area contributed by atoms with Crippen LogP contribution in [0.5, 0.6) is 0 Å². The van der Waals surface area contributed by atoms with Crippen molar-refractivity contribution in [2.45, 2.75) is 12.5 Å². The third-order valence-corrected chi connectivity index (χ3v) is 6.49. The summed E-state index contributed by atoms with van der Waals surface area (Å²) in [6.07, 6.45) is 0.148. The maximum atomic E-state index is 10.5. The molecule has 3 aromatic rings. The molecule has 1 saturated heterocycles. The number of piperazine rings is 1. The van der Waals surface area contributed by atoms with Crippen LogP contribution >= 0.6 is 23.2 Å². The zero-order chi connectivity index (χ0) is 20.9. The number of nitrogens with zero attached hydrogens (tertiary/aromatic N) is 2. The lowest BCUT2D eigenvalue weighted by Crippen LogP contribution is -2.47. The van der Waals surface area contributed by atoms with Crippen LogP contribution in [0.1, 0.15) is 18.1 Å². The number of benzene rings is 3. The van der Waals surface area contributed by atoms with Gasteiger partial charge in [0.15, 0.2) is 0 Å². The van der Waals surface area contributed by atoms with Gasteiger partial charge >= 0.3 is 0 Å². The summed E-state index contributed by atoms with van der Waals surface area (Å²) >= 11 is 12.1. The first-order chi connectivity index (χ1) is 14.6. The number of hydrogen-bond acceptors (Lipinski definition) is 3. The molecule has 0 saturated carbocycles. The maximum Gasteiger partial charge on any atom is 0.0802 e. The van der Waals surface area contributed by atoms with E-state index in [-0.39, 0.29) is 0 Å². The summed E-state index contributed by atoms with van der Waals surface area (Å²) in [6.45, 7) is 4.78. The summed E-state index contributed by atoms with van der Waals surface area (Å²) in [5, 5.41) is 11.5. The summed E-state index contributed by atoms with van der Waals surface area (Å²) in [6, 6.07) is 24.5.